The molecule has 0 aliphatic carbocycles. The van der Waals surface area contributed by atoms with Gasteiger partial charge in [-0.2, -0.15) is 0 Å². The smallest absolute Gasteiger partial charge is 0.233 e. The molecule has 1 aliphatic heterocycles. The van der Waals surface area contributed by atoms with Crippen LogP contribution in [0.1, 0.15) is 34.8 Å². The van der Waals surface area contributed by atoms with Crippen LogP contribution < -0.4 is 5.32 Å². The molecule has 5 nitrogen and oxygen atoms in total. The number of ketones is 1. The molecular weight excluding hydrogens is 316 g/mol. The lowest BCUT2D eigenvalue weighted by Gasteiger charge is -2.28. The standard InChI is InChI=1S/C20H20N2O3/c1-14(23)16-7-4-8-18(11-16)21-19(24)12-20(25)22-10-9-15-5-2-3-6-17(15)13-22/h2-8,11H,9-10,12-13H2,1H3,(H,21,24). The Bertz CT molecular complexity index is 829. The molecule has 0 radical (unpaired) electrons. The molecule has 25 heavy (non-hydrogen) atoms. The number of fused-ring (bicyclic) bond motifs is 1. The van der Waals surface area contributed by atoms with Crippen LogP contribution in [0.3, 0.4) is 0 Å². The molecule has 0 atom stereocenters. The highest BCUT2D eigenvalue weighted by atomic mass is 16.2. The van der Waals surface area contributed by atoms with Crippen LogP contribution in [0, 0.1) is 0 Å². The first-order chi connectivity index (χ1) is 12.0. The van der Waals surface area contributed by atoms with Gasteiger partial charge in [-0.15, -0.1) is 0 Å². The second-order valence-electron chi connectivity index (χ2n) is 6.20. The van der Waals surface area contributed by atoms with Gasteiger partial charge in [0.25, 0.3) is 0 Å². The lowest BCUT2D eigenvalue weighted by atomic mass is 10.00. The first-order valence-electron chi connectivity index (χ1n) is 8.28. The van der Waals surface area contributed by atoms with E-state index in [1.165, 1.54) is 12.5 Å². The lowest BCUT2D eigenvalue weighted by Crippen LogP contribution is -2.37. The lowest BCUT2D eigenvalue weighted by molar-refractivity contribution is -0.135. The van der Waals surface area contributed by atoms with Crippen LogP contribution in [-0.2, 0) is 22.6 Å². The zero-order valence-electron chi connectivity index (χ0n) is 14.1. The maximum Gasteiger partial charge on any atom is 0.233 e. The number of hydrogen-bond donors (Lipinski definition) is 1. The van der Waals surface area contributed by atoms with Gasteiger partial charge < -0.3 is 10.2 Å². The topological polar surface area (TPSA) is 66.5 Å². The largest absolute Gasteiger partial charge is 0.338 e. The molecule has 0 fully saturated rings. The number of nitrogens with zero attached hydrogens (tertiary/aromatic N) is 1. The highest BCUT2D eigenvalue weighted by Gasteiger charge is 2.22. The molecular formula is C20H20N2O3. The predicted octanol–water partition coefficient (Wildman–Crippen LogP) is 2.80. The summed E-state index contributed by atoms with van der Waals surface area (Å²) in [6.07, 6.45) is 0.608. The molecule has 1 heterocycles. The summed E-state index contributed by atoms with van der Waals surface area (Å²) in [5.41, 5.74) is 3.44. The van der Waals surface area contributed by atoms with E-state index in [-0.39, 0.29) is 24.0 Å². The second kappa shape index (κ2) is 7.30. The fourth-order valence-corrected chi connectivity index (χ4v) is 2.98. The summed E-state index contributed by atoms with van der Waals surface area (Å²) in [6, 6.07) is 14.8. The number of nitrogens with one attached hydrogen (secondary N) is 1. The van der Waals surface area contributed by atoms with E-state index in [2.05, 4.69) is 11.4 Å². The zero-order chi connectivity index (χ0) is 17.8. The van der Waals surface area contributed by atoms with Gasteiger partial charge in [0, 0.05) is 24.3 Å². The monoisotopic (exact) mass is 336 g/mol. The average Bonchev–Trinajstić information content (AvgIpc) is 2.61. The van der Waals surface area contributed by atoms with E-state index in [4.69, 9.17) is 0 Å². The summed E-state index contributed by atoms with van der Waals surface area (Å²) >= 11 is 0. The summed E-state index contributed by atoms with van der Waals surface area (Å²) < 4.78 is 0. The van der Waals surface area contributed by atoms with E-state index in [9.17, 15) is 14.4 Å². The van der Waals surface area contributed by atoms with Crippen LogP contribution >= 0.6 is 0 Å². The van der Waals surface area contributed by atoms with Gasteiger partial charge in [-0.3, -0.25) is 14.4 Å². The van der Waals surface area contributed by atoms with Crippen LogP contribution in [0.25, 0.3) is 0 Å². The van der Waals surface area contributed by atoms with E-state index in [1.54, 1.807) is 29.2 Å². The number of anilines is 1. The fourth-order valence-electron chi connectivity index (χ4n) is 2.98. The van der Waals surface area contributed by atoms with Gasteiger partial charge in [-0.05, 0) is 36.6 Å². The Labute approximate surface area is 146 Å². The van der Waals surface area contributed by atoms with Gasteiger partial charge in [-0.1, -0.05) is 36.4 Å². The molecule has 0 spiro atoms. The summed E-state index contributed by atoms with van der Waals surface area (Å²) in [7, 11) is 0. The summed E-state index contributed by atoms with van der Waals surface area (Å²) in [6.45, 7) is 2.64. The van der Waals surface area contributed by atoms with Crippen LogP contribution in [0.4, 0.5) is 5.69 Å². The first kappa shape index (κ1) is 16.9. The van der Waals surface area contributed by atoms with Crippen LogP contribution in [0.2, 0.25) is 0 Å². The zero-order valence-corrected chi connectivity index (χ0v) is 14.1. The van der Waals surface area contributed by atoms with Crippen LogP contribution in [0.15, 0.2) is 48.5 Å². The summed E-state index contributed by atoms with van der Waals surface area (Å²) in [5, 5.41) is 2.69. The molecule has 0 saturated heterocycles. The van der Waals surface area contributed by atoms with Gasteiger partial charge >= 0.3 is 0 Å². The molecule has 0 aromatic heterocycles. The minimum atomic E-state index is -0.371. The Morgan fingerprint density at radius 1 is 1.04 bits per heavy atom. The average molecular weight is 336 g/mol. The van der Waals surface area contributed by atoms with Gasteiger partial charge in [0.05, 0.1) is 0 Å². The Morgan fingerprint density at radius 3 is 2.56 bits per heavy atom. The van der Waals surface area contributed by atoms with Gasteiger partial charge in [0.1, 0.15) is 6.42 Å². The van der Waals surface area contributed by atoms with E-state index >= 15 is 0 Å². The van der Waals surface area contributed by atoms with Crippen molar-refractivity contribution in [3.63, 3.8) is 0 Å². The number of amides is 2. The maximum absolute atomic E-state index is 12.4. The third-order valence-electron chi connectivity index (χ3n) is 4.35. The molecule has 128 valence electrons. The molecule has 0 unspecified atom stereocenters. The van der Waals surface area contributed by atoms with Gasteiger partial charge in [0.2, 0.25) is 11.8 Å². The van der Waals surface area contributed by atoms with Crippen molar-refractivity contribution in [2.24, 2.45) is 0 Å². The summed E-state index contributed by atoms with van der Waals surface area (Å²) in [4.78, 5) is 37.7. The van der Waals surface area contributed by atoms with Gasteiger partial charge in [-0.25, -0.2) is 0 Å². The second-order valence-corrected chi connectivity index (χ2v) is 6.20. The van der Waals surface area contributed by atoms with Crippen molar-refractivity contribution in [1.29, 1.82) is 0 Å². The Kier molecular flexibility index (Phi) is 4.93. The molecule has 1 aliphatic rings. The molecule has 5 heteroatoms. The van der Waals surface area contributed by atoms with Crippen molar-refractivity contribution >= 4 is 23.3 Å². The predicted molar refractivity (Wildman–Crippen MR) is 95.3 cm³/mol. The normalized spacial score (nSPS) is 13.1. The maximum atomic E-state index is 12.4. The van der Waals surface area contributed by atoms with E-state index in [0.29, 0.717) is 24.3 Å². The number of hydrogen-bond acceptors (Lipinski definition) is 3. The number of Topliss-reactive ketones (excluding diaryl/α,β-unsaturated/α-hetero) is 1. The highest BCUT2D eigenvalue weighted by Crippen LogP contribution is 2.19. The Balaban J connectivity index is 1.59. The summed E-state index contributed by atoms with van der Waals surface area (Å²) in [5.74, 6) is -0.626. The molecule has 3 rings (SSSR count). The molecule has 2 aromatic carbocycles. The van der Waals surface area contributed by atoms with E-state index < -0.39 is 0 Å². The number of benzene rings is 2. The van der Waals surface area contributed by atoms with Crippen LogP contribution in [0.5, 0.6) is 0 Å². The Morgan fingerprint density at radius 2 is 1.80 bits per heavy atom. The van der Waals surface area contributed by atoms with E-state index in [0.717, 1.165) is 12.0 Å². The van der Waals surface area contributed by atoms with Crippen molar-refractivity contribution in [2.45, 2.75) is 26.3 Å². The molecule has 2 aromatic rings. The van der Waals surface area contributed by atoms with E-state index in [1.807, 2.05) is 18.2 Å². The van der Waals surface area contributed by atoms with Crippen molar-refractivity contribution in [3.05, 3.63) is 65.2 Å². The number of rotatable bonds is 4. The van der Waals surface area contributed by atoms with Crippen molar-refractivity contribution in [1.82, 2.24) is 4.90 Å². The quantitative estimate of drug-likeness (QED) is 0.690. The minimum absolute atomic E-state index is 0.0702. The van der Waals surface area contributed by atoms with Gasteiger partial charge in [0.15, 0.2) is 5.78 Å². The molecule has 0 saturated carbocycles. The highest BCUT2D eigenvalue weighted by molar-refractivity contribution is 6.04. The third kappa shape index (κ3) is 4.12. The number of carbonyl (C=O) groups is 3. The number of carbonyl (C=O) groups excluding carboxylic acids is 3. The Hall–Kier alpha value is -2.95. The minimum Gasteiger partial charge on any atom is -0.338 e. The SMILES string of the molecule is CC(=O)c1cccc(NC(=O)CC(=O)N2CCc3ccccc3C2)c1. The molecule has 1 N–H and O–H groups in total. The fraction of sp³-hybridized carbons (Fsp3) is 0.250. The first-order valence-corrected chi connectivity index (χ1v) is 8.28. The molecule has 0 bridgehead atoms. The van der Waals surface area contributed by atoms with Crippen molar-refractivity contribution in [3.8, 4) is 0 Å². The van der Waals surface area contributed by atoms with Crippen LogP contribution in [-0.4, -0.2) is 29.0 Å². The van der Waals surface area contributed by atoms with Crippen molar-refractivity contribution in [2.75, 3.05) is 11.9 Å². The third-order valence-corrected chi connectivity index (χ3v) is 4.35. The molecule has 2 amide bonds. The van der Waals surface area contributed by atoms with Crippen molar-refractivity contribution < 1.29 is 14.4 Å².